The van der Waals surface area contributed by atoms with Crippen molar-refractivity contribution in [3.05, 3.63) is 17.5 Å². The quantitative estimate of drug-likeness (QED) is 0.826. The minimum absolute atomic E-state index is 0.0393. The van der Waals surface area contributed by atoms with E-state index in [0.717, 1.165) is 12.2 Å². The van der Waals surface area contributed by atoms with Crippen molar-refractivity contribution in [2.75, 3.05) is 6.54 Å². The molecule has 17 heavy (non-hydrogen) atoms. The average molecular weight is 237 g/mol. The molecule has 1 rings (SSSR count). The standard InChI is InChI=1S/C13H23N3O/c1-8(2)11(9(3)4)6-14-13(17)12-7-15-16-10(12)5/h7-9,11H,6H2,1-5H3,(H,14,17)(H,15,16). The molecule has 0 fully saturated rings. The second kappa shape index (κ2) is 5.84. The summed E-state index contributed by atoms with van der Waals surface area (Å²) in [6.07, 6.45) is 1.57. The van der Waals surface area contributed by atoms with Crippen LogP contribution in [0.25, 0.3) is 0 Å². The molecule has 0 radical (unpaired) electrons. The zero-order valence-corrected chi connectivity index (χ0v) is 11.4. The summed E-state index contributed by atoms with van der Waals surface area (Å²) in [5, 5.41) is 9.62. The van der Waals surface area contributed by atoms with Gasteiger partial charge >= 0.3 is 0 Å². The van der Waals surface area contributed by atoms with E-state index >= 15 is 0 Å². The van der Waals surface area contributed by atoms with Crippen LogP contribution in [0.2, 0.25) is 0 Å². The maximum Gasteiger partial charge on any atom is 0.254 e. The molecule has 0 aliphatic carbocycles. The van der Waals surface area contributed by atoms with Crippen LogP contribution < -0.4 is 5.32 Å². The molecule has 2 N–H and O–H groups in total. The van der Waals surface area contributed by atoms with Gasteiger partial charge < -0.3 is 5.32 Å². The van der Waals surface area contributed by atoms with Gasteiger partial charge in [-0.1, -0.05) is 27.7 Å². The summed E-state index contributed by atoms with van der Waals surface area (Å²) in [6, 6.07) is 0. The second-order valence-corrected chi connectivity index (χ2v) is 5.27. The monoisotopic (exact) mass is 237 g/mol. The van der Waals surface area contributed by atoms with E-state index in [1.54, 1.807) is 6.20 Å². The molecule has 1 heterocycles. The zero-order valence-electron chi connectivity index (χ0n) is 11.4. The van der Waals surface area contributed by atoms with Crippen molar-refractivity contribution in [1.29, 1.82) is 0 Å². The smallest absolute Gasteiger partial charge is 0.254 e. The fraction of sp³-hybridized carbons (Fsp3) is 0.692. The Kier molecular flexibility index (Phi) is 4.73. The van der Waals surface area contributed by atoms with Gasteiger partial charge in [0.15, 0.2) is 0 Å². The number of amides is 1. The number of carbonyl (C=O) groups excluding carboxylic acids is 1. The molecule has 1 aromatic rings. The SMILES string of the molecule is Cc1[nH]ncc1C(=O)NCC(C(C)C)C(C)C. The first-order valence-corrected chi connectivity index (χ1v) is 6.21. The van der Waals surface area contributed by atoms with E-state index in [9.17, 15) is 4.79 Å². The molecule has 96 valence electrons. The van der Waals surface area contributed by atoms with Gasteiger partial charge in [-0.05, 0) is 24.7 Å². The summed E-state index contributed by atoms with van der Waals surface area (Å²) in [4.78, 5) is 11.9. The van der Waals surface area contributed by atoms with Crippen LogP contribution >= 0.6 is 0 Å². The van der Waals surface area contributed by atoms with E-state index < -0.39 is 0 Å². The number of aryl methyl sites for hydroxylation is 1. The van der Waals surface area contributed by atoms with Gasteiger partial charge in [0.25, 0.3) is 5.91 Å². The first-order valence-electron chi connectivity index (χ1n) is 6.21. The van der Waals surface area contributed by atoms with E-state index in [1.807, 2.05) is 6.92 Å². The summed E-state index contributed by atoms with van der Waals surface area (Å²) in [7, 11) is 0. The van der Waals surface area contributed by atoms with E-state index in [-0.39, 0.29) is 5.91 Å². The van der Waals surface area contributed by atoms with Crippen molar-refractivity contribution in [2.24, 2.45) is 17.8 Å². The molecule has 0 bridgehead atoms. The normalized spacial score (nSPS) is 11.5. The lowest BCUT2D eigenvalue weighted by atomic mass is 9.85. The number of aromatic amines is 1. The van der Waals surface area contributed by atoms with Crippen LogP contribution in [0.4, 0.5) is 0 Å². The topological polar surface area (TPSA) is 57.8 Å². The molecule has 0 aliphatic heterocycles. The van der Waals surface area contributed by atoms with E-state index in [1.165, 1.54) is 0 Å². The fourth-order valence-electron chi connectivity index (χ4n) is 2.13. The first kappa shape index (κ1) is 13.7. The van der Waals surface area contributed by atoms with Gasteiger partial charge in [-0.15, -0.1) is 0 Å². The third-order valence-electron chi connectivity index (χ3n) is 3.29. The highest BCUT2D eigenvalue weighted by molar-refractivity contribution is 5.94. The van der Waals surface area contributed by atoms with Crippen LogP contribution in [0.1, 0.15) is 43.7 Å². The molecule has 0 unspecified atom stereocenters. The van der Waals surface area contributed by atoms with Crippen LogP contribution in [-0.2, 0) is 0 Å². The van der Waals surface area contributed by atoms with E-state index in [2.05, 4.69) is 43.2 Å². The number of H-pyrrole nitrogens is 1. The Morgan fingerprint density at radius 1 is 1.35 bits per heavy atom. The van der Waals surface area contributed by atoms with Crippen LogP contribution in [-0.4, -0.2) is 22.6 Å². The van der Waals surface area contributed by atoms with Gasteiger partial charge in [-0.2, -0.15) is 5.10 Å². The maximum absolute atomic E-state index is 11.9. The van der Waals surface area contributed by atoms with Crippen LogP contribution in [0, 0.1) is 24.7 Å². The molecule has 0 spiro atoms. The van der Waals surface area contributed by atoms with Crippen molar-refractivity contribution in [3.63, 3.8) is 0 Å². The molecule has 0 aliphatic rings. The number of nitrogens with one attached hydrogen (secondary N) is 2. The molecule has 0 saturated heterocycles. The lowest BCUT2D eigenvalue weighted by Gasteiger charge is -2.24. The first-order chi connectivity index (χ1) is 7.93. The van der Waals surface area contributed by atoms with Crippen molar-refractivity contribution < 1.29 is 4.79 Å². The zero-order chi connectivity index (χ0) is 13.0. The summed E-state index contributed by atoms with van der Waals surface area (Å²) in [5.74, 6) is 1.61. The minimum atomic E-state index is -0.0393. The summed E-state index contributed by atoms with van der Waals surface area (Å²) < 4.78 is 0. The van der Waals surface area contributed by atoms with Crippen molar-refractivity contribution in [2.45, 2.75) is 34.6 Å². The molecule has 0 aromatic carbocycles. The largest absolute Gasteiger partial charge is 0.352 e. The summed E-state index contributed by atoms with van der Waals surface area (Å²) in [6.45, 7) is 11.3. The van der Waals surface area contributed by atoms with Gasteiger partial charge in [-0.25, -0.2) is 0 Å². The molecular weight excluding hydrogens is 214 g/mol. The van der Waals surface area contributed by atoms with Crippen molar-refractivity contribution >= 4 is 5.91 Å². The number of rotatable bonds is 5. The van der Waals surface area contributed by atoms with Gasteiger partial charge in [0.1, 0.15) is 0 Å². The minimum Gasteiger partial charge on any atom is -0.352 e. The fourth-order valence-corrected chi connectivity index (χ4v) is 2.13. The Balaban J connectivity index is 2.56. The third-order valence-corrected chi connectivity index (χ3v) is 3.29. The van der Waals surface area contributed by atoms with Crippen LogP contribution in [0.5, 0.6) is 0 Å². The Morgan fingerprint density at radius 2 is 1.94 bits per heavy atom. The maximum atomic E-state index is 11.9. The van der Waals surface area contributed by atoms with Gasteiger partial charge in [-0.3, -0.25) is 9.89 Å². The predicted octanol–water partition coefficient (Wildman–Crippen LogP) is 2.38. The highest BCUT2D eigenvalue weighted by Gasteiger charge is 2.19. The number of nitrogens with zero attached hydrogens (tertiary/aromatic N) is 1. The highest BCUT2D eigenvalue weighted by atomic mass is 16.1. The van der Waals surface area contributed by atoms with E-state index in [4.69, 9.17) is 0 Å². The highest BCUT2D eigenvalue weighted by Crippen LogP contribution is 2.19. The Bertz CT molecular complexity index is 360. The van der Waals surface area contributed by atoms with Crippen molar-refractivity contribution in [1.82, 2.24) is 15.5 Å². The molecular formula is C13H23N3O. The van der Waals surface area contributed by atoms with Crippen LogP contribution in [0.15, 0.2) is 6.20 Å². The lowest BCUT2D eigenvalue weighted by Crippen LogP contribution is -2.34. The molecule has 1 amide bonds. The summed E-state index contributed by atoms with van der Waals surface area (Å²) in [5.41, 5.74) is 1.45. The van der Waals surface area contributed by atoms with Gasteiger partial charge in [0, 0.05) is 12.2 Å². The Morgan fingerprint density at radius 3 is 2.35 bits per heavy atom. The Labute approximate surface area is 103 Å². The molecule has 0 saturated carbocycles. The number of hydrogen-bond donors (Lipinski definition) is 2. The third kappa shape index (κ3) is 3.58. The number of hydrogen-bond acceptors (Lipinski definition) is 2. The van der Waals surface area contributed by atoms with Gasteiger partial charge in [0.2, 0.25) is 0 Å². The van der Waals surface area contributed by atoms with Crippen LogP contribution in [0.3, 0.4) is 0 Å². The molecule has 4 nitrogen and oxygen atoms in total. The number of aromatic nitrogens is 2. The average Bonchev–Trinajstić information content (AvgIpc) is 2.63. The molecule has 4 heteroatoms. The molecule has 0 atom stereocenters. The predicted molar refractivity (Wildman–Crippen MR) is 68.8 cm³/mol. The number of carbonyl (C=O) groups is 1. The molecule has 1 aromatic heterocycles. The Hall–Kier alpha value is -1.32. The second-order valence-electron chi connectivity index (χ2n) is 5.27. The van der Waals surface area contributed by atoms with E-state index in [0.29, 0.717) is 23.3 Å². The lowest BCUT2D eigenvalue weighted by molar-refractivity contribution is 0.0936. The van der Waals surface area contributed by atoms with Crippen molar-refractivity contribution in [3.8, 4) is 0 Å². The van der Waals surface area contributed by atoms with Gasteiger partial charge in [0.05, 0.1) is 11.8 Å². The summed E-state index contributed by atoms with van der Waals surface area (Å²) >= 11 is 0.